The monoisotopic (exact) mass is 949 g/mol. The molecule has 0 heterocycles. The van der Waals surface area contributed by atoms with Crippen molar-refractivity contribution in [3.05, 3.63) is 294 Å². The molecule has 0 radical (unpaired) electrons. The number of rotatable bonds is 15. The summed E-state index contributed by atoms with van der Waals surface area (Å²) in [4.78, 5) is 2.18. The number of aryl methyl sites for hydroxylation is 2. The zero-order valence-corrected chi connectivity index (χ0v) is 43.6. The minimum Gasteiger partial charge on any atom is -0.405 e. The Balaban J connectivity index is 0.000000259. The second-order valence-corrected chi connectivity index (χ2v) is 17.7. The molecule has 0 aromatic heterocycles. The Morgan fingerprint density at radius 3 is 1.53 bits per heavy atom. The van der Waals surface area contributed by atoms with Crippen molar-refractivity contribution in [2.45, 2.75) is 72.9 Å². The van der Waals surface area contributed by atoms with Gasteiger partial charge in [-0.3, -0.25) is 0 Å². The van der Waals surface area contributed by atoms with Crippen LogP contribution < -0.4 is 17.2 Å². The zero-order valence-electron chi connectivity index (χ0n) is 43.6. The number of hydrogen-bond donors (Lipinski definition) is 3. The van der Waals surface area contributed by atoms with Crippen LogP contribution in [0.25, 0.3) is 38.4 Å². The van der Waals surface area contributed by atoms with E-state index < -0.39 is 0 Å². The van der Waals surface area contributed by atoms with Crippen LogP contribution in [0.1, 0.15) is 84.3 Å². The molecule has 0 bridgehead atoms. The van der Waals surface area contributed by atoms with Crippen LogP contribution in [0.2, 0.25) is 0 Å². The van der Waals surface area contributed by atoms with Gasteiger partial charge in [0, 0.05) is 12.7 Å². The summed E-state index contributed by atoms with van der Waals surface area (Å²) in [6, 6.07) is 64.8. The smallest absolute Gasteiger partial charge is 0.103 e. The molecular formula is C68H76N4. The maximum atomic E-state index is 6.89. The molecular weight excluding hydrogens is 873 g/mol. The normalized spacial score (nSPS) is 12.4. The van der Waals surface area contributed by atoms with Crippen LogP contribution in [-0.2, 0) is 19.3 Å². The molecule has 8 rings (SSSR count). The molecule has 0 fully saturated rings. The van der Waals surface area contributed by atoms with Gasteiger partial charge in [0.25, 0.3) is 0 Å². The summed E-state index contributed by atoms with van der Waals surface area (Å²) in [7, 11) is 2.08. The molecule has 0 aliphatic rings. The van der Waals surface area contributed by atoms with Crippen LogP contribution in [0.4, 0.5) is 0 Å². The van der Waals surface area contributed by atoms with Crippen LogP contribution in [-0.4, -0.2) is 11.9 Å². The summed E-state index contributed by atoms with van der Waals surface area (Å²) < 4.78 is 0. The quantitative estimate of drug-likeness (QED) is 0.0706. The van der Waals surface area contributed by atoms with E-state index in [-0.39, 0.29) is 6.17 Å². The van der Waals surface area contributed by atoms with Gasteiger partial charge in [-0.05, 0) is 130 Å². The summed E-state index contributed by atoms with van der Waals surface area (Å²) in [6.07, 6.45) is 24.0. The number of nitrogens with two attached hydrogens (primary N) is 3. The van der Waals surface area contributed by atoms with Crippen molar-refractivity contribution in [3.63, 3.8) is 0 Å². The van der Waals surface area contributed by atoms with Crippen LogP contribution in [0, 0.1) is 13.8 Å². The predicted molar refractivity (Wildman–Crippen MR) is 315 cm³/mol. The van der Waals surface area contributed by atoms with Crippen LogP contribution in [0.15, 0.2) is 249 Å². The molecule has 0 saturated carbocycles. The molecule has 4 nitrogen and oxygen atoms in total. The predicted octanol–water partition coefficient (Wildman–Crippen LogP) is 16.7. The van der Waals surface area contributed by atoms with Crippen molar-refractivity contribution in [1.29, 1.82) is 0 Å². The Labute approximate surface area is 431 Å². The Kier molecular flexibility index (Phi) is 22.9. The van der Waals surface area contributed by atoms with E-state index in [1.807, 2.05) is 45.1 Å². The summed E-state index contributed by atoms with van der Waals surface area (Å²) in [5.74, 6) is 0.492. The van der Waals surface area contributed by atoms with Gasteiger partial charge in [-0.25, -0.2) is 0 Å². The highest BCUT2D eigenvalue weighted by Gasteiger charge is 2.17. The van der Waals surface area contributed by atoms with Gasteiger partial charge in [-0.1, -0.05) is 262 Å². The Bertz CT molecular complexity index is 3020. The molecule has 0 spiro atoms. The zero-order chi connectivity index (χ0) is 51.5. The Morgan fingerprint density at radius 1 is 0.500 bits per heavy atom. The Hall–Kier alpha value is -7.92. The molecule has 72 heavy (non-hydrogen) atoms. The minimum atomic E-state index is -0.297. The SMILES string of the molecule is C/C=C\C=C/C(C)c1ccc(C)cc1.CC.Cc1ccc(-c2ccc(/C(=C/Cc3ccc4ccccc4c3)N(C)C(N)c3ccc(C/C=C\C=C/N)cc3)cc2)cc1.N/C=C\Cc1ccc2ccccc2c1. The van der Waals surface area contributed by atoms with Crippen molar-refractivity contribution in [2.24, 2.45) is 17.2 Å². The van der Waals surface area contributed by atoms with E-state index in [0.717, 1.165) is 36.1 Å². The molecule has 368 valence electrons. The van der Waals surface area contributed by atoms with Crippen molar-refractivity contribution >= 4 is 27.2 Å². The lowest BCUT2D eigenvalue weighted by Gasteiger charge is -2.30. The first-order valence-electron chi connectivity index (χ1n) is 25.3. The second kappa shape index (κ2) is 30.0. The van der Waals surface area contributed by atoms with Gasteiger partial charge in [-0.2, -0.15) is 0 Å². The second-order valence-electron chi connectivity index (χ2n) is 17.7. The molecule has 2 atom stereocenters. The highest BCUT2D eigenvalue weighted by atomic mass is 15.2. The van der Waals surface area contributed by atoms with E-state index in [1.165, 1.54) is 72.3 Å². The number of fused-ring (bicyclic) bond motifs is 2. The molecule has 6 N–H and O–H groups in total. The standard InChI is InChI=1S/C39H39N3.C14H18.C13H13N.C2H6/c1-29-11-17-33(18-12-29)34-22-24-35(25-23-34)38(26-16-31-15-19-32-9-5-6-10-37(32)28-31)42(2)39(41)36-20-13-30(14-21-36)8-4-3-7-27-40;1-4-5-6-7-13(3)14-10-8-12(2)9-11-14;14-9-3-4-11-7-8-12-5-1-2-6-13(12)10-11;1-2/h3-7,9-15,17-28,39H,8,16,40-41H2,1-2H3;4-11,13H,1-3H3;1-3,5-10H,4,14H2;1-2H3/b4-3-,27-7-,38-26-;5-4-,7-6-;9-3-;. The average Bonchev–Trinajstić information content (AvgIpc) is 3.43. The summed E-state index contributed by atoms with van der Waals surface area (Å²) in [5, 5.41) is 5.08. The largest absolute Gasteiger partial charge is 0.405 e. The number of nitrogens with zero attached hydrogens (tertiary/aromatic N) is 1. The van der Waals surface area contributed by atoms with E-state index >= 15 is 0 Å². The van der Waals surface area contributed by atoms with Crippen LogP contribution in [0.3, 0.4) is 0 Å². The Morgan fingerprint density at radius 2 is 0.986 bits per heavy atom. The van der Waals surface area contributed by atoms with Crippen LogP contribution >= 0.6 is 0 Å². The first-order valence-corrected chi connectivity index (χ1v) is 25.3. The topological polar surface area (TPSA) is 81.3 Å². The van der Waals surface area contributed by atoms with Gasteiger partial charge in [0.1, 0.15) is 6.17 Å². The summed E-state index contributed by atoms with van der Waals surface area (Å²) in [6.45, 7) is 12.5. The average molecular weight is 949 g/mol. The maximum absolute atomic E-state index is 6.89. The third-order valence-electron chi connectivity index (χ3n) is 12.4. The van der Waals surface area contributed by atoms with E-state index in [4.69, 9.17) is 17.2 Å². The van der Waals surface area contributed by atoms with E-state index in [0.29, 0.717) is 5.92 Å². The molecule has 8 aromatic rings. The first kappa shape index (κ1) is 55.0. The number of allylic oxidation sites excluding steroid dienone is 9. The lowest BCUT2D eigenvalue weighted by Crippen LogP contribution is -2.30. The van der Waals surface area contributed by atoms with E-state index in [9.17, 15) is 0 Å². The van der Waals surface area contributed by atoms with Gasteiger partial charge in [0.05, 0.1) is 0 Å². The van der Waals surface area contributed by atoms with Gasteiger partial charge >= 0.3 is 0 Å². The molecule has 0 saturated heterocycles. The lowest BCUT2D eigenvalue weighted by molar-refractivity contribution is 0.364. The maximum Gasteiger partial charge on any atom is 0.103 e. The summed E-state index contributed by atoms with van der Waals surface area (Å²) >= 11 is 0. The van der Waals surface area contributed by atoms with Gasteiger partial charge < -0.3 is 22.1 Å². The van der Waals surface area contributed by atoms with E-state index in [1.54, 1.807) is 6.20 Å². The van der Waals surface area contributed by atoms with Crippen molar-refractivity contribution in [1.82, 2.24) is 4.90 Å². The third-order valence-corrected chi connectivity index (χ3v) is 12.4. The van der Waals surface area contributed by atoms with Gasteiger partial charge in [0.15, 0.2) is 0 Å². The fraction of sp³-hybridized carbons (Fsp3) is 0.176. The van der Waals surface area contributed by atoms with Gasteiger partial charge in [-0.15, -0.1) is 0 Å². The molecule has 8 aromatic carbocycles. The number of benzene rings is 8. The third kappa shape index (κ3) is 17.2. The minimum absolute atomic E-state index is 0.297. The summed E-state index contributed by atoms with van der Waals surface area (Å²) in [5.41, 5.74) is 31.1. The fourth-order valence-corrected chi connectivity index (χ4v) is 8.09. The van der Waals surface area contributed by atoms with Gasteiger partial charge in [0.2, 0.25) is 0 Å². The van der Waals surface area contributed by atoms with Crippen molar-refractivity contribution < 1.29 is 0 Å². The molecule has 0 aliphatic carbocycles. The van der Waals surface area contributed by atoms with Crippen molar-refractivity contribution in [2.75, 3.05) is 7.05 Å². The molecule has 2 unspecified atom stereocenters. The molecule has 0 aliphatic heterocycles. The van der Waals surface area contributed by atoms with Crippen molar-refractivity contribution in [3.8, 4) is 11.1 Å². The van der Waals surface area contributed by atoms with E-state index in [2.05, 4.69) is 245 Å². The first-order chi connectivity index (χ1) is 35.1. The highest BCUT2D eigenvalue weighted by Crippen LogP contribution is 2.30. The lowest BCUT2D eigenvalue weighted by atomic mass is 9.99. The molecule has 4 heteroatoms. The molecule has 0 amide bonds. The van der Waals surface area contributed by atoms with Crippen LogP contribution in [0.5, 0.6) is 0 Å². The fourth-order valence-electron chi connectivity index (χ4n) is 8.09. The highest BCUT2D eigenvalue weighted by molar-refractivity contribution is 5.84. The number of hydrogen-bond acceptors (Lipinski definition) is 4.